The van der Waals surface area contributed by atoms with Crippen LogP contribution in [0.3, 0.4) is 0 Å². The summed E-state index contributed by atoms with van der Waals surface area (Å²) in [5.74, 6) is 0.124. The van der Waals surface area contributed by atoms with E-state index in [0.717, 1.165) is 11.3 Å². The molecule has 294 valence electrons. The zero-order valence-corrected chi connectivity index (χ0v) is 33.5. The molecule has 2 aromatic heterocycles. The molecule has 0 bridgehead atoms. The third-order valence-electron chi connectivity index (χ3n) is 6.82. The molecule has 0 aliphatic rings. The van der Waals surface area contributed by atoms with Crippen LogP contribution in [0.5, 0.6) is 11.5 Å². The molecule has 0 aliphatic carbocycles. The number of methoxy groups -OCH3 is 1. The Bertz CT molecular complexity index is 1660. The van der Waals surface area contributed by atoms with Crippen molar-refractivity contribution in [3.05, 3.63) is 65.7 Å². The molecule has 2 unspecified atom stereocenters. The Labute approximate surface area is 339 Å². The zero-order chi connectivity index (χ0) is 38.9. The van der Waals surface area contributed by atoms with Crippen LogP contribution in [0.15, 0.2) is 48.8 Å². The second-order valence-corrected chi connectivity index (χ2v) is 12.3. The summed E-state index contributed by atoms with van der Waals surface area (Å²) in [4.78, 5) is 60.6. The molecule has 21 heteroatoms. The average Bonchev–Trinajstić information content (AvgIpc) is 3.64. The van der Waals surface area contributed by atoms with Gasteiger partial charge in [-0.3, -0.25) is 28.7 Å². The topological polar surface area (TPSA) is 235 Å². The molecule has 0 amide bonds. The quantitative estimate of drug-likeness (QED) is 0.0211. The smallest absolute Gasteiger partial charge is 0.756 e. The number of carbonyl (C=O) groups is 4. The molecule has 0 saturated heterocycles. The van der Waals surface area contributed by atoms with Crippen LogP contribution in [0.1, 0.15) is 42.6 Å². The van der Waals surface area contributed by atoms with Crippen molar-refractivity contribution in [1.29, 1.82) is 0 Å². The van der Waals surface area contributed by atoms with Gasteiger partial charge in [-0.2, -0.15) is 0 Å². The van der Waals surface area contributed by atoms with E-state index in [9.17, 15) is 28.6 Å². The van der Waals surface area contributed by atoms with Crippen LogP contribution in [0, 0.1) is 0 Å². The molecule has 2 heterocycles. The first-order chi connectivity index (χ1) is 26.2. The molecule has 1 aromatic carbocycles. The minimum atomic E-state index is -4.76. The van der Waals surface area contributed by atoms with E-state index in [1.807, 2.05) is 48.6 Å². The van der Waals surface area contributed by atoms with Crippen molar-refractivity contribution < 1.29 is 100 Å². The number of hydrogen-bond acceptors (Lipinski definition) is 18. The number of carbonyl (C=O) groups excluding carboxylic acids is 4. The zero-order valence-electron chi connectivity index (χ0n) is 30.6. The summed E-state index contributed by atoms with van der Waals surface area (Å²) in [7, 11) is -3.19. The van der Waals surface area contributed by atoms with Crippen molar-refractivity contribution in [3.63, 3.8) is 0 Å². The summed E-state index contributed by atoms with van der Waals surface area (Å²) < 4.78 is 58.5. The van der Waals surface area contributed by atoms with Gasteiger partial charge in [0, 0.05) is 25.6 Å². The number of pyridine rings is 1. The minimum Gasteiger partial charge on any atom is -0.756 e. The summed E-state index contributed by atoms with van der Waals surface area (Å²) in [5.41, 5.74) is 2.25. The first kappa shape index (κ1) is 47.0. The Balaban J connectivity index is 0.0000105. The Morgan fingerprint density at radius 3 is 2.45 bits per heavy atom. The maximum absolute atomic E-state index is 12.1. The summed E-state index contributed by atoms with van der Waals surface area (Å²) in [5, 5.41) is 8.06. The Kier molecular flexibility index (Phi) is 23.4. The SMILES string of the molecule is COc1cc(/C=C/c2ccccn2)ccc1OCCn1cc(COC(=O)CCCOCCOC(=O)CCCOP(=O)([O-])OCC(COC=O)OC=O)nn1.[Na+]. The fourth-order valence-electron chi connectivity index (χ4n) is 4.22. The number of hydrogen-bond donors (Lipinski definition) is 0. The average molecular weight is 801 g/mol. The second-order valence-electron chi connectivity index (χ2n) is 10.9. The molecule has 0 saturated carbocycles. The fourth-order valence-corrected chi connectivity index (χ4v) is 4.99. The van der Waals surface area contributed by atoms with Crippen molar-refractivity contribution in [2.75, 3.05) is 53.4 Å². The number of aromatic nitrogens is 4. The number of esters is 2. The number of ether oxygens (including phenoxy) is 7. The van der Waals surface area contributed by atoms with Crippen molar-refractivity contribution in [2.24, 2.45) is 0 Å². The fraction of sp³-hybridized carbons (Fsp3) is 0.441. The molecule has 0 radical (unpaired) electrons. The summed E-state index contributed by atoms with van der Waals surface area (Å²) >= 11 is 0. The maximum atomic E-state index is 12.1. The van der Waals surface area contributed by atoms with Crippen LogP contribution in [0.25, 0.3) is 12.2 Å². The summed E-state index contributed by atoms with van der Waals surface area (Å²) in [6, 6.07) is 11.3. The molecule has 3 rings (SSSR count). The van der Waals surface area contributed by atoms with Crippen LogP contribution < -0.4 is 43.9 Å². The Morgan fingerprint density at radius 1 is 0.909 bits per heavy atom. The van der Waals surface area contributed by atoms with Crippen molar-refractivity contribution in [3.8, 4) is 11.5 Å². The van der Waals surface area contributed by atoms with Gasteiger partial charge in [0.25, 0.3) is 20.8 Å². The van der Waals surface area contributed by atoms with Gasteiger partial charge < -0.3 is 47.1 Å². The summed E-state index contributed by atoms with van der Waals surface area (Å²) in [6.45, 7) is -0.316. The van der Waals surface area contributed by atoms with E-state index < -0.39 is 39.1 Å². The molecule has 2 atom stereocenters. The van der Waals surface area contributed by atoms with Gasteiger partial charge in [0.15, 0.2) is 17.6 Å². The molecule has 0 aliphatic heterocycles. The van der Waals surface area contributed by atoms with E-state index in [-0.39, 0.29) is 94.8 Å². The molecular weight excluding hydrogens is 758 g/mol. The predicted octanol–water partition coefficient (Wildman–Crippen LogP) is -0.685. The predicted molar refractivity (Wildman–Crippen MR) is 184 cm³/mol. The van der Waals surface area contributed by atoms with Crippen LogP contribution in [0.4, 0.5) is 0 Å². The van der Waals surface area contributed by atoms with Gasteiger partial charge in [-0.25, -0.2) is 4.68 Å². The van der Waals surface area contributed by atoms with Crippen molar-refractivity contribution in [2.45, 2.75) is 44.9 Å². The first-order valence-corrected chi connectivity index (χ1v) is 18.1. The van der Waals surface area contributed by atoms with E-state index >= 15 is 0 Å². The van der Waals surface area contributed by atoms with Gasteiger partial charge >= 0.3 is 41.5 Å². The van der Waals surface area contributed by atoms with Crippen molar-refractivity contribution in [1.82, 2.24) is 20.0 Å². The molecule has 3 aromatic rings. The maximum Gasteiger partial charge on any atom is 1.00 e. The van der Waals surface area contributed by atoms with Gasteiger partial charge in [0.2, 0.25) is 0 Å². The standard InChI is InChI=1S/C34H43N4O15P.Na/c1-45-32-20-27(9-11-28-6-2-3-13-35-28)10-12-31(32)48-17-14-38-21-29(36-37-38)22-50-34(42)7-4-15-46-18-19-49-33(41)8-5-16-52-54(43,44)53-24-30(51-26-40)23-47-25-39;/h2-3,6,9-13,20-21,25-26,30H,4-5,7-8,14-19,22-24H2,1H3,(H,43,44);/q;+1/p-1/b11-9+;. The number of phosphoric ester groups is 1. The van der Waals surface area contributed by atoms with Gasteiger partial charge in [-0.1, -0.05) is 23.4 Å². The molecule has 0 fully saturated rings. The number of rotatable bonds is 29. The minimum absolute atomic E-state index is 0. The van der Waals surface area contributed by atoms with E-state index in [0.29, 0.717) is 36.8 Å². The van der Waals surface area contributed by atoms with Gasteiger partial charge in [0.05, 0.1) is 45.4 Å². The largest absolute Gasteiger partial charge is 1.00 e. The van der Waals surface area contributed by atoms with E-state index in [1.54, 1.807) is 24.2 Å². The number of benzene rings is 1. The van der Waals surface area contributed by atoms with Gasteiger partial charge in [-0.05, 0) is 48.7 Å². The van der Waals surface area contributed by atoms with Gasteiger partial charge in [-0.15, -0.1) is 5.10 Å². The van der Waals surface area contributed by atoms with Gasteiger partial charge in [0.1, 0.15) is 32.1 Å². The Morgan fingerprint density at radius 2 is 1.71 bits per heavy atom. The number of nitrogens with zero attached hydrogens (tertiary/aromatic N) is 4. The van der Waals surface area contributed by atoms with Crippen LogP contribution in [-0.4, -0.2) is 104 Å². The van der Waals surface area contributed by atoms with Crippen LogP contribution in [0.2, 0.25) is 0 Å². The molecular formula is C34H42N4NaO15P. The van der Waals surface area contributed by atoms with Crippen LogP contribution >= 0.6 is 7.82 Å². The van der Waals surface area contributed by atoms with E-state index in [2.05, 4.69) is 33.8 Å². The van der Waals surface area contributed by atoms with Crippen LogP contribution in [-0.2, 0) is 69.6 Å². The second kappa shape index (κ2) is 27.4. The third kappa shape index (κ3) is 20.3. The molecule has 19 nitrogen and oxygen atoms in total. The van der Waals surface area contributed by atoms with E-state index in [1.165, 1.54) is 0 Å². The van der Waals surface area contributed by atoms with Crippen molar-refractivity contribution >= 4 is 44.9 Å². The Hall–Kier alpha value is -4.20. The normalized spacial score (nSPS) is 12.5. The third-order valence-corrected chi connectivity index (χ3v) is 7.78. The monoisotopic (exact) mass is 800 g/mol. The van der Waals surface area contributed by atoms with E-state index in [4.69, 9.17) is 23.7 Å². The molecule has 0 N–H and O–H groups in total. The number of phosphoric acid groups is 1. The molecule has 55 heavy (non-hydrogen) atoms. The summed E-state index contributed by atoms with van der Waals surface area (Å²) in [6.07, 6.45) is 6.46. The first-order valence-electron chi connectivity index (χ1n) is 16.6. The molecule has 0 spiro atoms.